The fraction of sp³-hybridized carbons (Fsp3) is 0.257. The number of benzene rings is 4. The average Bonchev–Trinajstić information content (AvgIpc) is 3.02. The first-order valence-electron chi connectivity index (χ1n) is 13.7. The normalized spacial score (nSPS) is 18.6. The van der Waals surface area contributed by atoms with Gasteiger partial charge < -0.3 is 23.7 Å². The molecule has 0 fully saturated rings. The van der Waals surface area contributed by atoms with Gasteiger partial charge in [-0.2, -0.15) is 0 Å². The van der Waals surface area contributed by atoms with Crippen molar-refractivity contribution in [2.45, 2.75) is 44.7 Å². The SMILES string of the molecule is C1=C(COCc2ccccc2)[C@@H](OCc2ccccc2)[C@@H](OCc2ccccc2)[C@@H](COCc2ccccc2)O1. The topological polar surface area (TPSA) is 46.2 Å². The molecule has 0 saturated heterocycles. The summed E-state index contributed by atoms with van der Waals surface area (Å²) in [6.07, 6.45) is 0.685. The fourth-order valence-corrected chi connectivity index (χ4v) is 4.63. The highest BCUT2D eigenvalue weighted by atomic mass is 16.6. The zero-order valence-electron chi connectivity index (χ0n) is 22.6. The second-order valence-electron chi connectivity index (χ2n) is 9.82. The van der Waals surface area contributed by atoms with Gasteiger partial charge in [-0.1, -0.05) is 121 Å². The van der Waals surface area contributed by atoms with E-state index in [-0.39, 0.29) is 18.3 Å². The minimum atomic E-state index is -0.389. The van der Waals surface area contributed by atoms with Crippen molar-refractivity contribution in [2.24, 2.45) is 0 Å². The third-order valence-electron chi connectivity index (χ3n) is 6.76. The third-order valence-corrected chi connectivity index (χ3v) is 6.76. The van der Waals surface area contributed by atoms with Crippen LogP contribution >= 0.6 is 0 Å². The quantitative estimate of drug-likeness (QED) is 0.176. The van der Waals surface area contributed by atoms with Gasteiger partial charge in [0.25, 0.3) is 0 Å². The molecule has 5 rings (SSSR count). The molecular formula is C35H36O5. The standard InChI is InChI=1S/C35H36O5/c1-5-13-28(14-6-1)21-36-25-32-26-38-33(27-37-22-29-15-7-2-8-16-29)35(40-24-31-19-11-4-12-20-31)34(32)39-23-30-17-9-3-10-18-30/h1-20,26,33-35H,21-25,27H2/t33-,34-,35+/m1/s1. The van der Waals surface area contributed by atoms with Crippen LogP contribution in [0.5, 0.6) is 0 Å². The highest BCUT2D eigenvalue weighted by molar-refractivity contribution is 5.19. The van der Waals surface area contributed by atoms with Crippen molar-refractivity contribution in [2.75, 3.05) is 13.2 Å². The second kappa shape index (κ2) is 15.2. The molecule has 0 unspecified atom stereocenters. The first-order chi connectivity index (χ1) is 19.8. The van der Waals surface area contributed by atoms with Crippen LogP contribution in [0.4, 0.5) is 0 Å². The summed E-state index contributed by atoms with van der Waals surface area (Å²) in [5.74, 6) is 0. The lowest BCUT2D eigenvalue weighted by atomic mass is 9.98. The van der Waals surface area contributed by atoms with Crippen LogP contribution in [0, 0.1) is 0 Å². The van der Waals surface area contributed by atoms with Crippen molar-refractivity contribution in [3.8, 4) is 0 Å². The summed E-state index contributed by atoms with van der Waals surface area (Å²) in [6, 6.07) is 40.6. The van der Waals surface area contributed by atoms with E-state index in [1.165, 1.54) is 0 Å². The van der Waals surface area contributed by atoms with Crippen LogP contribution in [-0.4, -0.2) is 31.5 Å². The Hall–Kier alpha value is -3.74. The largest absolute Gasteiger partial charge is 0.493 e. The molecule has 40 heavy (non-hydrogen) atoms. The summed E-state index contributed by atoms with van der Waals surface area (Å²) in [4.78, 5) is 0. The molecule has 0 spiro atoms. The van der Waals surface area contributed by atoms with E-state index in [4.69, 9.17) is 23.7 Å². The first kappa shape index (κ1) is 27.8. The van der Waals surface area contributed by atoms with Gasteiger partial charge in [-0.15, -0.1) is 0 Å². The van der Waals surface area contributed by atoms with E-state index >= 15 is 0 Å². The molecule has 206 valence electrons. The molecular weight excluding hydrogens is 500 g/mol. The molecule has 5 heteroatoms. The van der Waals surface area contributed by atoms with Gasteiger partial charge in [0, 0.05) is 5.57 Å². The van der Waals surface area contributed by atoms with E-state index in [9.17, 15) is 0 Å². The fourth-order valence-electron chi connectivity index (χ4n) is 4.63. The van der Waals surface area contributed by atoms with Gasteiger partial charge in [0.15, 0.2) is 0 Å². The molecule has 0 bridgehead atoms. The highest BCUT2D eigenvalue weighted by Gasteiger charge is 2.39. The van der Waals surface area contributed by atoms with Gasteiger partial charge in [0.2, 0.25) is 0 Å². The predicted octanol–water partition coefficient (Wildman–Crippen LogP) is 6.87. The van der Waals surface area contributed by atoms with Crippen molar-refractivity contribution in [1.29, 1.82) is 0 Å². The van der Waals surface area contributed by atoms with Crippen molar-refractivity contribution in [1.82, 2.24) is 0 Å². The lowest BCUT2D eigenvalue weighted by Crippen LogP contribution is -2.48. The number of rotatable bonds is 14. The zero-order chi connectivity index (χ0) is 27.2. The maximum absolute atomic E-state index is 6.57. The first-order valence-corrected chi connectivity index (χ1v) is 13.7. The molecule has 0 N–H and O–H groups in total. The van der Waals surface area contributed by atoms with E-state index in [2.05, 4.69) is 48.5 Å². The van der Waals surface area contributed by atoms with E-state index in [1.807, 2.05) is 72.8 Å². The Morgan fingerprint density at radius 2 is 0.925 bits per heavy atom. The van der Waals surface area contributed by atoms with Crippen LogP contribution in [0.3, 0.4) is 0 Å². The van der Waals surface area contributed by atoms with Crippen molar-refractivity contribution in [3.05, 3.63) is 155 Å². The van der Waals surface area contributed by atoms with Crippen LogP contribution < -0.4 is 0 Å². The Morgan fingerprint density at radius 3 is 1.45 bits per heavy atom. The highest BCUT2D eigenvalue weighted by Crippen LogP contribution is 2.28. The Kier molecular flexibility index (Phi) is 10.5. The Morgan fingerprint density at radius 1 is 0.475 bits per heavy atom. The molecule has 0 amide bonds. The smallest absolute Gasteiger partial charge is 0.150 e. The Balaban J connectivity index is 1.32. The maximum Gasteiger partial charge on any atom is 0.150 e. The summed E-state index contributed by atoms with van der Waals surface area (Å²) in [5, 5.41) is 0. The van der Waals surface area contributed by atoms with Crippen molar-refractivity contribution in [3.63, 3.8) is 0 Å². The predicted molar refractivity (Wildman–Crippen MR) is 155 cm³/mol. The van der Waals surface area contributed by atoms with Gasteiger partial charge in [-0.25, -0.2) is 0 Å². The van der Waals surface area contributed by atoms with E-state index in [0.717, 1.165) is 27.8 Å². The van der Waals surface area contributed by atoms with E-state index in [1.54, 1.807) is 6.26 Å². The van der Waals surface area contributed by atoms with Crippen molar-refractivity contribution < 1.29 is 23.7 Å². The van der Waals surface area contributed by atoms with Crippen LogP contribution in [0.1, 0.15) is 22.3 Å². The minimum Gasteiger partial charge on any atom is -0.493 e. The molecule has 4 aromatic carbocycles. The van der Waals surface area contributed by atoms with Gasteiger partial charge >= 0.3 is 0 Å². The summed E-state index contributed by atoms with van der Waals surface area (Å²) < 4.78 is 31.6. The van der Waals surface area contributed by atoms with Crippen LogP contribution in [-0.2, 0) is 50.1 Å². The van der Waals surface area contributed by atoms with Gasteiger partial charge in [0.1, 0.15) is 18.3 Å². The maximum atomic E-state index is 6.57. The molecule has 1 heterocycles. The summed E-state index contributed by atoms with van der Waals surface area (Å²) in [5.41, 5.74) is 5.32. The van der Waals surface area contributed by atoms with Gasteiger partial charge in [-0.05, 0) is 22.3 Å². The molecule has 0 saturated carbocycles. The van der Waals surface area contributed by atoms with Gasteiger partial charge in [0.05, 0.1) is 45.9 Å². The zero-order valence-corrected chi connectivity index (χ0v) is 22.6. The molecule has 1 aliphatic heterocycles. The number of hydrogen-bond donors (Lipinski definition) is 0. The summed E-state index contributed by atoms with van der Waals surface area (Å²) in [7, 11) is 0. The molecule has 1 aliphatic rings. The number of hydrogen-bond acceptors (Lipinski definition) is 5. The van der Waals surface area contributed by atoms with E-state index in [0.29, 0.717) is 39.6 Å². The second-order valence-corrected chi connectivity index (χ2v) is 9.82. The lowest BCUT2D eigenvalue weighted by Gasteiger charge is -2.38. The Bertz CT molecular complexity index is 1280. The van der Waals surface area contributed by atoms with E-state index < -0.39 is 0 Å². The molecule has 3 atom stereocenters. The minimum absolute atomic E-state index is 0.342. The monoisotopic (exact) mass is 536 g/mol. The summed E-state index contributed by atoms with van der Waals surface area (Å²) >= 11 is 0. The molecule has 5 nitrogen and oxygen atoms in total. The van der Waals surface area contributed by atoms with Crippen LogP contribution in [0.15, 0.2) is 133 Å². The number of ether oxygens (including phenoxy) is 5. The average molecular weight is 537 g/mol. The molecule has 0 aliphatic carbocycles. The third kappa shape index (κ3) is 8.38. The molecule has 0 radical (unpaired) electrons. The van der Waals surface area contributed by atoms with Crippen molar-refractivity contribution >= 4 is 0 Å². The van der Waals surface area contributed by atoms with Crippen LogP contribution in [0.2, 0.25) is 0 Å². The lowest BCUT2D eigenvalue weighted by molar-refractivity contribution is -0.154. The molecule has 4 aromatic rings. The molecule has 0 aromatic heterocycles. The Labute approximate surface area is 236 Å². The van der Waals surface area contributed by atoms with Crippen LogP contribution in [0.25, 0.3) is 0 Å². The van der Waals surface area contributed by atoms with Gasteiger partial charge in [-0.3, -0.25) is 0 Å². The summed E-state index contributed by atoms with van der Waals surface area (Å²) in [6.45, 7) is 2.63.